The Hall–Kier alpha value is -3.50. The molecular weight excluding hydrogens is 414 g/mol. The number of rotatable bonds is 3. The van der Waals surface area contributed by atoms with Crippen LogP contribution in [0.15, 0.2) is 55.0 Å². The molecule has 1 N–H and O–H groups in total. The first kappa shape index (κ1) is 20.1. The van der Waals surface area contributed by atoms with Crippen LogP contribution in [0.5, 0.6) is 0 Å². The zero-order chi connectivity index (χ0) is 22.6. The lowest BCUT2D eigenvalue weighted by molar-refractivity contribution is -0.154. The number of benzene rings is 1. The van der Waals surface area contributed by atoms with Gasteiger partial charge < -0.3 is 14.9 Å². The van der Waals surface area contributed by atoms with Crippen LogP contribution in [-0.2, 0) is 10.4 Å². The molecule has 4 heterocycles. The second-order valence-electron chi connectivity index (χ2n) is 9.59. The third-order valence-electron chi connectivity index (χ3n) is 7.63. The highest BCUT2D eigenvalue weighted by molar-refractivity contribution is 5.87. The number of carbonyl (C=O) groups is 1. The van der Waals surface area contributed by atoms with Crippen molar-refractivity contribution < 1.29 is 9.90 Å². The lowest BCUT2D eigenvalue weighted by Crippen LogP contribution is -2.59. The van der Waals surface area contributed by atoms with Gasteiger partial charge in [0.25, 0.3) is 0 Å². The molecule has 7 nitrogen and oxygen atoms in total. The predicted octanol–water partition coefficient (Wildman–Crippen LogP) is 2.98. The van der Waals surface area contributed by atoms with E-state index in [-0.39, 0.29) is 23.9 Å². The van der Waals surface area contributed by atoms with Crippen molar-refractivity contribution in [1.82, 2.24) is 14.9 Å². The average molecular weight is 440 g/mol. The van der Waals surface area contributed by atoms with Crippen LogP contribution in [0.1, 0.15) is 36.8 Å². The monoisotopic (exact) mass is 439 g/mol. The van der Waals surface area contributed by atoms with E-state index >= 15 is 0 Å². The summed E-state index contributed by atoms with van der Waals surface area (Å²) in [7, 11) is 0. The zero-order valence-corrected chi connectivity index (χ0v) is 18.3. The van der Waals surface area contributed by atoms with E-state index in [0.717, 1.165) is 35.0 Å². The average Bonchev–Trinajstić information content (AvgIpc) is 3.10. The molecule has 166 valence electrons. The van der Waals surface area contributed by atoms with Crippen molar-refractivity contribution in [2.75, 3.05) is 18.0 Å². The summed E-state index contributed by atoms with van der Waals surface area (Å²) in [4.78, 5) is 26.3. The smallest absolute Gasteiger partial charge is 0.226 e. The summed E-state index contributed by atoms with van der Waals surface area (Å²) in [6, 6.07) is 14.2. The summed E-state index contributed by atoms with van der Waals surface area (Å²) in [5.41, 5.74) is 0.483. The summed E-state index contributed by atoms with van der Waals surface area (Å²) >= 11 is 0. The van der Waals surface area contributed by atoms with E-state index in [4.69, 9.17) is 5.26 Å². The first-order valence-electron chi connectivity index (χ1n) is 11.5. The number of nitrogens with zero attached hydrogens (tertiary/aromatic N) is 5. The van der Waals surface area contributed by atoms with Crippen LogP contribution in [0.25, 0.3) is 10.8 Å². The minimum absolute atomic E-state index is 0.147. The van der Waals surface area contributed by atoms with Crippen LogP contribution < -0.4 is 4.90 Å². The predicted molar refractivity (Wildman–Crippen MR) is 123 cm³/mol. The topological polar surface area (TPSA) is 93.4 Å². The molecular formula is C26H25N5O2. The number of piperazine rings is 1. The fraction of sp³-hybridized carbons (Fsp3) is 0.385. The van der Waals surface area contributed by atoms with E-state index in [1.54, 1.807) is 18.5 Å². The van der Waals surface area contributed by atoms with Crippen LogP contribution in [0.3, 0.4) is 0 Å². The van der Waals surface area contributed by atoms with E-state index in [1.807, 2.05) is 41.4 Å². The molecule has 2 aromatic heterocycles. The molecule has 1 saturated carbocycles. The van der Waals surface area contributed by atoms with Crippen LogP contribution in [0.2, 0.25) is 0 Å². The summed E-state index contributed by atoms with van der Waals surface area (Å²) in [6.07, 6.45) is 8.16. The van der Waals surface area contributed by atoms with E-state index in [2.05, 4.69) is 20.9 Å². The Bertz CT molecular complexity index is 1240. The van der Waals surface area contributed by atoms with E-state index in [9.17, 15) is 9.90 Å². The second kappa shape index (κ2) is 7.53. The van der Waals surface area contributed by atoms with Gasteiger partial charge in [0, 0.05) is 55.1 Å². The molecule has 0 spiro atoms. The van der Waals surface area contributed by atoms with Crippen molar-refractivity contribution >= 4 is 22.5 Å². The Balaban J connectivity index is 1.15. The van der Waals surface area contributed by atoms with Gasteiger partial charge >= 0.3 is 0 Å². The molecule has 1 aromatic carbocycles. The SMILES string of the molecule is N#Cc1ccc(N2C3CCC2CN(C(=O)C2CC(O)(c4cccc5cnccc45)C2)C3)nc1. The Morgan fingerprint density at radius 2 is 1.88 bits per heavy atom. The highest BCUT2D eigenvalue weighted by Crippen LogP contribution is 2.48. The molecule has 3 aromatic rings. The van der Waals surface area contributed by atoms with Gasteiger partial charge in [-0.2, -0.15) is 5.26 Å². The highest BCUT2D eigenvalue weighted by atomic mass is 16.3. The van der Waals surface area contributed by atoms with Crippen molar-refractivity contribution in [2.24, 2.45) is 5.92 Å². The molecule has 3 fully saturated rings. The normalized spacial score (nSPS) is 28.4. The molecule has 2 unspecified atom stereocenters. The molecule has 2 saturated heterocycles. The maximum Gasteiger partial charge on any atom is 0.226 e. The van der Waals surface area contributed by atoms with Crippen molar-refractivity contribution in [3.05, 3.63) is 66.1 Å². The van der Waals surface area contributed by atoms with Gasteiger partial charge in [0.15, 0.2) is 0 Å². The quantitative estimate of drug-likeness (QED) is 0.674. The van der Waals surface area contributed by atoms with Crippen LogP contribution in [0.4, 0.5) is 5.82 Å². The largest absolute Gasteiger partial charge is 0.385 e. The number of amides is 1. The molecule has 1 aliphatic carbocycles. The fourth-order valence-corrected chi connectivity index (χ4v) is 6.00. The van der Waals surface area contributed by atoms with Crippen molar-refractivity contribution in [3.63, 3.8) is 0 Å². The molecule has 2 bridgehead atoms. The summed E-state index contributed by atoms with van der Waals surface area (Å²) in [6.45, 7) is 1.37. The van der Waals surface area contributed by atoms with Crippen molar-refractivity contribution in [1.29, 1.82) is 5.26 Å². The summed E-state index contributed by atoms with van der Waals surface area (Å²) < 4.78 is 0. The van der Waals surface area contributed by atoms with Gasteiger partial charge in [0.05, 0.1) is 11.2 Å². The molecule has 7 heteroatoms. The lowest BCUT2D eigenvalue weighted by atomic mass is 9.66. The highest BCUT2D eigenvalue weighted by Gasteiger charge is 2.51. The Labute approximate surface area is 192 Å². The van der Waals surface area contributed by atoms with Crippen molar-refractivity contribution in [2.45, 2.75) is 43.4 Å². The number of likely N-dealkylation sites (tertiary alicyclic amines) is 1. The first-order chi connectivity index (χ1) is 16.1. The van der Waals surface area contributed by atoms with Gasteiger partial charge in [-0.1, -0.05) is 18.2 Å². The molecule has 1 amide bonds. The maximum absolute atomic E-state index is 13.3. The number of aliphatic hydroxyl groups is 1. The van der Waals surface area contributed by atoms with Gasteiger partial charge in [-0.3, -0.25) is 9.78 Å². The summed E-state index contributed by atoms with van der Waals surface area (Å²) in [5, 5.41) is 22.3. The van der Waals surface area contributed by atoms with Gasteiger partial charge in [0.2, 0.25) is 5.91 Å². The molecule has 2 aliphatic heterocycles. The minimum Gasteiger partial charge on any atom is -0.385 e. The molecule has 0 radical (unpaired) electrons. The van der Waals surface area contributed by atoms with Crippen LogP contribution in [0, 0.1) is 17.2 Å². The number of pyridine rings is 2. The number of aromatic nitrogens is 2. The number of fused-ring (bicyclic) bond motifs is 3. The summed E-state index contributed by atoms with van der Waals surface area (Å²) in [5.74, 6) is 0.897. The van der Waals surface area contributed by atoms with Crippen molar-refractivity contribution in [3.8, 4) is 6.07 Å². The third kappa shape index (κ3) is 3.25. The van der Waals surface area contributed by atoms with Gasteiger partial charge in [0.1, 0.15) is 11.9 Å². The standard InChI is InChI=1S/C26H25N5O2/c27-12-17-4-7-24(29-13-17)31-20-5-6-21(31)16-30(15-20)25(32)19-10-26(33,11-19)23-3-1-2-18-14-28-9-8-22(18)23/h1-4,7-9,13-14,19-21,33H,5-6,10-11,15-16H2. The van der Waals surface area contributed by atoms with E-state index in [0.29, 0.717) is 31.5 Å². The number of hydrogen-bond donors (Lipinski definition) is 1. The van der Waals surface area contributed by atoms with Crippen LogP contribution >= 0.6 is 0 Å². The molecule has 2 atom stereocenters. The maximum atomic E-state index is 13.3. The fourth-order valence-electron chi connectivity index (χ4n) is 6.00. The first-order valence-corrected chi connectivity index (χ1v) is 11.5. The van der Waals surface area contributed by atoms with Gasteiger partial charge in [-0.25, -0.2) is 4.98 Å². The van der Waals surface area contributed by atoms with Crippen LogP contribution in [-0.4, -0.2) is 51.1 Å². The number of anilines is 1. The Morgan fingerprint density at radius 1 is 1.09 bits per heavy atom. The van der Waals surface area contributed by atoms with Gasteiger partial charge in [-0.15, -0.1) is 0 Å². The number of carbonyl (C=O) groups excluding carboxylic acids is 1. The molecule has 6 rings (SSSR count). The van der Waals surface area contributed by atoms with E-state index < -0.39 is 5.60 Å². The lowest BCUT2D eigenvalue weighted by Gasteiger charge is -2.48. The zero-order valence-electron chi connectivity index (χ0n) is 18.3. The van der Waals surface area contributed by atoms with E-state index in [1.165, 1.54) is 0 Å². The third-order valence-corrected chi connectivity index (χ3v) is 7.63. The molecule has 3 aliphatic rings. The van der Waals surface area contributed by atoms with Gasteiger partial charge in [-0.05, 0) is 54.8 Å². The number of nitriles is 1. The Morgan fingerprint density at radius 3 is 2.58 bits per heavy atom. The molecule has 33 heavy (non-hydrogen) atoms. The Kier molecular flexibility index (Phi) is 4.59. The minimum atomic E-state index is -0.964. The number of hydrogen-bond acceptors (Lipinski definition) is 6. The second-order valence-corrected chi connectivity index (χ2v) is 9.59.